The minimum absolute atomic E-state index is 0.0307. The van der Waals surface area contributed by atoms with Crippen molar-refractivity contribution in [1.29, 1.82) is 0 Å². The number of carboxylic acids is 1. The Hall–Kier alpha value is -2.07. The van der Waals surface area contributed by atoms with Crippen molar-refractivity contribution in [3.8, 4) is 0 Å². The molecular formula is C15H13ClFNO2. The minimum atomic E-state index is -1.09. The fourth-order valence-electron chi connectivity index (χ4n) is 1.93. The van der Waals surface area contributed by atoms with Crippen molar-refractivity contribution in [2.24, 2.45) is 0 Å². The molecule has 0 aromatic heterocycles. The Morgan fingerprint density at radius 1 is 1.25 bits per heavy atom. The van der Waals surface area contributed by atoms with E-state index < -0.39 is 5.97 Å². The average molecular weight is 294 g/mol. The molecule has 5 heteroatoms. The van der Waals surface area contributed by atoms with E-state index in [4.69, 9.17) is 11.6 Å². The molecule has 0 spiro atoms. The van der Waals surface area contributed by atoms with Crippen LogP contribution in [0.3, 0.4) is 0 Å². The molecule has 2 aromatic rings. The van der Waals surface area contributed by atoms with E-state index in [0.717, 1.165) is 5.56 Å². The van der Waals surface area contributed by atoms with E-state index in [-0.39, 0.29) is 22.4 Å². The van der Waals surface area contributed by atoms with Gasteiger partial charge in [-0.25, -0.2) is 9.18 Å². The van der Waals surface area contributed by atoms with Gasteiger partial charge >= 0.3 is 5.97 Å². The molecule has 3 nitrogen and oxygen atoms in total. The van der Waals surface area contributed by atoms with Crippen molar-refractivity contribution >= 4 is 23.3 Å². The summed E-state index contributed by atoms with van der Waals surface area (Å²) in [4.78, 5) is 11.2. The number of aromatic carboxylic acids is 1. The molecule has 0 aliphatic heterocycles. The lowest BCUT2D eigenvalue weighted by atomic mass is 10.1. The summed E-state index contributed by atoms with van der Waals surface area (Å²) in [5.74, 6) is -1.40. The summed E-state index contributed by atoms with van der Waals surface area (Å²) in [6.45, 7) is 1.86. The van der Waals surface area contributed by atoms with Crippen LogP contribution in [0.5, 0.6) is 0 Å². The summed E-state index contributed by atoms with van der Waals surface area (Å²) in [5, 5.41) is 12.4. The highest BCUT2D eigenvalue weighted by Crippen LogP contribution is 2.27. The topological polar surface area (TPSA) is 49.3 Å². The van der Waals surface area contributed by atoms with E-state index in [1.54, 1.807) is 24.3 Å². The Labute approximate surface area is 121 Å². The molecule has 1 unspecified atom stereocenters. The van der Waals surface area contributed by atoms with Crippen molar-refractivity contribution in [3.63, 3.8) is 0 Å². The van der Waals surface area contributed by atoms with Crippen LogP contribution >= 0.6 is 11.6 Å². The van der Waals surface area contributed by atoms with Crippen molar-refractivity contribution in [2.75, 3.05) is 5.32 Å². The Morgan fingerprint density at radius 3 is 2.50 bits per heavy atom. The molecule has 104 valence electrons. The molecule has 0 fully saturated rings. The first-order valence-electron chi connectivity index (χ1n) is 6.03. The Kier molecular flexibility index (Phi) is 4.25. The van der Waals surface area contributed by atoms with Crippen LogP contribution in [-0.4, -0.2) is 11.1 Å². The van der Waals surface area contributed by atoms with Crippen molar-refractivity contribution in [2.45, 2.75) is 13.0 Å². The number of hydrogen-bond acceptors (Lipinski definition) is 2. The van der Waals surface area contributed by atoms with Crippen LogP contribution in [0.25, 0.3) is 0 Å². The van der Waals surface area contributed by atoms with Crippen LogP contribution in [0.4, 0.5) is 10.1 Å². The molecule has 0 saturated carbocycles. The zero-order valence-corrected chi connectivity index (χ0v) is 11.5. The van der Waals surface area contributed by atoms with Crippen LogP contribution in [0, 0.1) is 5.82 Å². The van der Waals surface area contributed by atoms with E-state index in [9.17, 15) is 14.3 Å². The zero-order valence-electron chi connectivity index (χ0n) is 10.7. The third-order valence-corrected chi connectivity index (χ3v) is 3.28. The second kappa shape index (κ2) is 5.92. The maximum absolute atomic E-state index is 12.9. The molecule has 0 aliphatic carbocycles. The summed E-state index contributed by atoms with van der Waals surface area (Å²) < 4.78 is 12.9. The summed E-state index contributed by atoms with van der Waals surface area (Å²) in [6, 6.07) is 10.7. The number of carboxylic acid groups (broad SMARTS) is 1. The predicted octanol–water partition coefficient (Wildman–Crippen LogP) is 4.35. The quantitative estimate of drug-likeness (QED) is 0.881. The van der Waals surface area contributed by atoms with Gasteiger partial charge in [-0.2, -0.15) is 0 Å². The highest BCUT2D eigenvalue weighted by atomic mass is 35.5. The SMILES string of the molecule is CC(Nc1cccc(Cl)c1C(=O)O)c1ccc(F)cc1. The highest BCUT2D eigenvalue weighted by Gasteiger charge is 2.16. The summed E-state index contributed by atoms with van der Waals surface area (Å²) >= 11 is 5.90. The van der Waals surface area contributed by atoms with Gasteiger partial charge in [0, 0.05) is 6.04 Å². The molecule has 0 saturated heterocycles. The standard InChI is InChI=1S/C15H13ClFNO2/c1-9(10-5-7-11(17)8-6-10)18-13-4-2-3-12(16)14(13)15(19)20/h2-9,18H,1H3,(H,19,20). The van der Waals surface area contributed by atoms with E-state index in [1.165, 1.54) is 18.2 Å². The van der Waals surface area contributed by atoms with Gasteiger partial charge in [-0.05, 0) is 36.8 Å². The molecule has 0 bridgehead atoms. The van der Waals surface area contributed by atoms with E-state index in [1.807, 2.05) is 6.92 Å². The van der Waals surface area contributed by atoms with Gasteiger partial charge in [0.1, 0.15) is 11.4 Å². The summed E-state index contributed by atoms with van der Waals surface area (Å²) in [5.41, 5.74) is 1.31. The molecule has 0 radical (unpaired) electrons. The second-order valence-corrected chi connectivity index (χ2v) is 4.79. The molecule has 0 amide bonds. The molecule has 2 rings (SSSR count). The third kappa shape index (κ3) is 3.08. The largest absolute Gasteiger partial charge is 0.478 e. The van der Waals surface area contributed by atoms with Crippen LogP contribution in [0.2, 0.25) is 5.02 Å². The van der Waals surface area contributed by atoms with Crippen molar-refractivity contribution < 1.29 is 14.3 Å². The van der Waals surface area contributed by atoms with Gasteiger partial charge in [0.05, 0.1) is 10.7 Å². The Balaban J connectivity index is 2.28. The number of anilines is 1. The molecule has 1 atom stereocenters. The smallest absolute Gasteiger partial charge is 0.339 e. The first-order chi connectivity index (χ1) is 9.49. The second-order valence-electron chi connectivity index (χ2n) is 4.39. The van der Waals surface area contributed by atoms with Crippen LogP contribution < -0.4 is 5.32 Å². The molecule has 0 heterocycles. The van der Waals surface area contributed by atoms with Gasteiger partial charge in [0.25, 0.3) is 0 Å². The van der Waals surface area contributed by atoms with Gasteiger partial charge in [0.15, 0.2) is 0 Å². The molecule has 2 aromatic carbocycles. The Morgan fingerprint density at radius 2 is 1.90 bits per heavy atom. The van der Waals surface area contributed by atoms with Gasteiger partial charge < -0.3 is 10.4 Å². The van der Waals surface area contributed by atoms with E-state index >= 15 is 0 Å². The van der Waals surface area contributed by atoms with Crippen LogP contribution in [0.1, 0.15) is 28.9 Å². The minimum Gasteiger partial charge on any atom is -0.478 e. The maximum Gasteiger partial charge on any atom is 0.339 e. The maximum atomic E-state index is 12.9. The van der Waals surface area contributed by atoms with Gasteiger partial charge in [-0.1, -0.05) is 29.8 Å². The number of nitrogens with one attached hydrogen (secondary N) is 1. The number of carbonyl (C=O) groups is 1. The van der Waals surface area contributed by atoms with Gasteiger partial charge in [-0.15, -0.1) is 0 Å². The number of rotatable bonds is 4. The summed E-state index contributed by atoms with van der Waals surface area (Å²) in [6.07, 6.45) is 0. The average Bonchev–Trinajstić information content (AvgIpc) is 2.39. The lowest BCUT2D eigenvalue weighted by Gasteiger charge is -2.18. The van der Waals surface area contributed by atoms with E-state index in [0.29, 0.717) is 5.69 Å². The number of benzene rings is 2. The van der Waals surface area contributed by atoms with Crippen LogP contribution in [0.15, 0.2) is 42.5 Å². The van der Waals surface area contributed by atoms with Crippen LogP contribution in [-0.2, 0) is 0 Å². The lowest BCUT2D eigenvalue weighted by Crippen LogP contribution is -2.11. The lowest BCUT2D eigenvalue weighted by molar-refractivity contribution is 0.0698. The first-order valence-corrected chi connectivity index (χ1v) is 6.40. The fraction of sp³-hybridized carbons (Fsp3) is 0.133. The molecule has 2 N–H and O–H groups in total. The van der Waals surface area contributed by atoms with Gasteiger partial charge in [-0.3, -0.25) is 0 Å². The summed E-state index contributed by atoms with van der Waals surface area (Å²) in [7, 11) is 0. The molecule has 20 heavy (non-hydrogen) atoms. The van der Waals surface area contributed by atoms with E-state index in [2.05, 4.69) is 5.32 Å². The first kappa shape index (κ1) is 14.3. The number of hydrogen-bond donors (Lipinski definition) is 2. The monoisotopic (exact) mass is 293 g/mol. The third-order valence-electron chi connectivity index (χ3n) is 2.97. The Bertz CT molecular complexity index is 628. The molecular weight excluding hydrogens is 281 g/mol. The van der Waals surface area contributed by atoms with Crippen molar-refractivity contribution in [1.82, 2.24) is 0 Å². The predicted molar refractivity (Wildman–Crippen MR) is 76.8 cm³/mol. The zero-order chi connectivity index (χ0) is 14.7. The fourth-order valence-corrected chi connectivity index (χ4v) is 2.19. The van der Waals surface area contributed by atoms with Crippen molar-refractivity contribution in [3.05, 3.63) is 64.4 Å². The van der Waals surface area contributed by atoms with Gasteiger partial charge in [0.2, 0.25) is 0 Å². The number of halogens is 2. The molecule has 0 aliphatic rings. The normalized spacial score (nSPS) is 11.9. The highest BCUT2D eigenvalue weighted by molar-refractivity contribution is 6.34.